The fourth-order valence-corrected chi connectivity index (χ4v) is 2.72. The molecule has 0 saturated heterocycles. The number of fused-ring (bicyclic) bond motifs is 1. The first kappa shape index (κ1) is 10.9. The van der Waals surface area contributed by atoms with Crippen LogP contribution < -0.4 is 10.0 Å². The summed E-state index contributed by atoms with van der Waals surface area (Å²) in [6.07, 6.45) is -1.08. The molecular weight excluding hydrogens is 232 g/mol. The van der Waals surface area contributed by atoms with Gasteiger partial charge in [0.2, 0.25) is 10.0 Å². The molecule has 0 unspecified atom stereocenters. The number of benzene rings is 1. The molecule has 1 aliphatic rings. The van der Waals surface area contributed by atoms with Crippen molar-refractivity contribution in [3.05, 3.63) is 24.3 Å². The summed E-state index contributed by atoms with van der Waals surface area (Å²) in [7, 11) is -2.47. The molecule has 7 heteroatoms. The van der Waals surface area contributed by atoms with Crippen molar-refractivity contribution < 1.29 is 17.9 Å². The third-order valence-corrected chi connectivity index (χ3v) is 3.67. The molecule has 1 aliphatic heterocycles. The number of anilines is 1. The van der Waals surface area contributed by atoms with Crippen LogP contribution >= 0.6 is 0 Å². The van der Waals surface area contributed by atoms with E-state index in [0.29, 0.717) is 5.69 Å². The Balaban J connectivity index is 2.45. The highest BCUT2D eigenvalue weighted by atomic mass is 32.2. The predicted molar refractivity (Wildman–Crippen MR) is 56.2 cm³/mol. The first-order valence-electron chi connectivity index (χ1n) is 4.50. The SMILES string of the molecule is COC(=O)[C@H]1Nc2ccccc2S(=O)(=O)N1. The van der Waals surface area contributed by atoms with E-state index in [2.05, 4.69) is 14.8 Å². The third kappa shape index (κ3) is 1.74. The van der Waals surface area contributed by atoms with Gasteiger partial charge in [-0.1, -0.05) is 12.1 Å². The third-order valence-electron chi connectivity index (χ3n) is 2.19. The van der Waals surface area contributed by atoms with Crippen LogP contribution in [0.5, 0.6) is 0 Å². The quantitative estimate of drug-likeness (QED) is 0.671. The molecule has 0 amide bonds. The Bertz CT molecular complexity index is 526. The fourth-order valence-electron chi connectivity index (χ4n) is 1.45. The van der Waals surface area contributed by atoms with Gasteiger partial charge in [-0.25, -0.2) is 13.2 Å². The van der Waals surface area contributed by atoms with Gasteiger partial charge in [0.15, 0.2) is 6.17 Å². The average Bonchev–Trinajstić information content (AvgIpc) is 2.27. The summed E-state index contributed by atoms with van der Waals surface area (Å²) < 4.78 is 30.1. The molecular formula is C9H10N2O4S. The maximum absolute atomic E-state index is 11.7. The van der Waals surface area contributed by atoms with Gasteiger partial charge in [-0.2, -0.15) is 4.72 Å². The molecule has 0 radical (unpaired) electrons. The lowest BCUT2D eigenvalue weighted by atomic mass is 10.3. The van der Waals surface area contributed by atoms with Gasteiger partial charge >= 0.3 is 5.97 Å². The van der Waals surface area contributed by atoms with Crippen molar-refractivity contribution in [1.82, 2.24) is 4.72 Å². The maximum Gasteiger partial charge on any atom is 0.344 e. The summed E-state index contributed by atoms with van der Waals surface area (Å²) in [5, 5.41) is 2.74. The zero-order valence-electron chi connectivity index (χ0n) is 8.43. The second-order valence-corrected chi connectivity index (χ2v) is 4.90. The summed E-state index contributed by atoms with van der Waals surface area (Å²) >= 11 is 0. The number of carbonyl (C=O) groups is 1. The minimum atomic E-state index is -3.66. The smallest absolute Gasteiger partial charge is 0.344 e. The molecule has 6 nitrogen and oxygen atoms in total. The summed E-state index contributed by atoms with van der Waals surface area (Å²) in [4.78, 5) is 11.4. The molecule has 1 aromatic rings. The van der Waals surface area contributed by atoms with Crippen LogP contribution in [0.25, 0.3) is 0 Å². The molecule has 1 heterocycles. The van der Waals surface area contributed by atoms with Gasteiger partial charge in [-0.05, 0) is 12.1 Å². The van der Waals surface area contributed by atoms with E-state index < -0.39 is 22.2 Å². The van der Waals surface area contributed by atoms with E-state index in [1.165, 1.54) is 13.2 Å². The normalized spacial score (nSPS) is 21.7. The number of nitrogens with one attached hydrogen (secondary N) is 2. The lowest BCUT2D eigenvalue weighted by Gasteiger charge is -2.25. The number of para-hydroxylation sites is 1. The fraction of sp³-hybridized carbons (Fsp3) is 0.222. The molecule has 1 aromatic carbocycles. The zero-order chi connectivity index (χ0) is 11.8. The van der Waals surface area contributed by atoms with E-state index in [4.69, 9.17) is 0 Å². The standard InChI is InChI=1S/C9H10N2O4S/c1-15-9(12)8-10-6-4-2-3-5-7(6)16(13,14)11-8/h2-5,8,10-11H,1H3/t8-/m0/s1. The molecule has 0 spiro atoms. The van der Waals surface area contributed by atoms with Gasteiger partial charge in [-0.15, -0.1) is 0 Å². The van der Waals surface area contributed by atoms with Crippen LogP contribution in [0.3, 0.4) is 0 Å². The van der Waals surface area contributed by atoms with Gasteiger partial charge in [0.1, 0.15) is 4.90 Å². The lowest BCUT2D eigenvalue weighted by Crippen LogP contribution is -2.50. The van der Waals surface area contributed by atoms with E-state index >= 15 is 0 Å². The van der Waals surface area contributed by atoms with Crippen LogP contribution in [0.1, 0.15) is 0 Å². The summed E-state index contributed by atoms with van der Waals surface area (Å²) in [6, 6.07) is 6.33. The van der Waals surface area contributed by atoms with Gasteiger partial charge < -0.3 is 10.1 Å². The first-order valence-corrected chi connectivity index (χ1v) is 5.98. The van der Waals surface area contributed by atoms with Crippen LogP contribution in [-0.4, -0.2) is 27.7 Å². The van der Waals surface area contributed by atoms with E-state index in [1.54, 1.807) is 18.2 Å². The van der Waals surface area contributed by atoms with Crippen molar-refractivity contribution in [2.75, 3.05) is 12.4 Å². The summed E-state index contributed by atoms with van der Waals surface area (Å²) in [6.45, 7) is 0. The summed E-state index contributed by atoms with van der Waals surface area (Å²) in [5.41, 5.74) is 0.386. The lowest BCUT2D eigenvalue weighted by molar-refractivity contribution is -0.141. The van der Waals surface area contributed by atoms with Crippen molar-refractivity contribution in [3.8, 4) is 0 Å². The van der Waals surface area contributed by atoms with Gasteiger partial charge in [0.05, 0.1) is 12.8 Å². The molecule has 0 saturated carbocycles. The number of methoxy groups -OCH3 is 1. The topological polar surface area (TPSA) is 84.5 Å². The van der Waals surface area contributed by atoms with Crippen molar-refractivity contribution >= 4 is 21.7 Å². The highest BCUT2D eigenvalue weighted by molar-refractivity contribution is 7.89. The highest BCUT2D eigenvalue weighted by Gasteiger charge is 2.33. The Morgan fingerprint density at radius 2 is 2.06 bits per heavy atom. The second kappa shape index (κ2) is 3.76. The number of sulfonamides is 1. The van der Waals surface area contributed by atoms with E-state index in [0.717, 1.165) is 0 Å². The number of carbonyl (C=O) groups excluding carboxylic acids is 1. The number of rotatable bonds is 1. The minimum Gasteiger partial charge on any atom is -0.466 e. The molecule has 16 heavy (non-hydrogen) atoms. The Labute approximate surface area is 92.7 Å². The zero-order valence-corrected chi connectivity index (χ0v) is 9.24. The van der Waals surface area contributed by atoms with E-state index in [-0.39, 0.29) is 4.90 Å². The molecule has 0 bridgehead atoms. The molecule has 0 aliphatic carbocycles. The Morgan fingerprint density at radius 1 is 1.38 bits per heavy atom. The monoisotopic (exact) mass is 242 g/mol. The molecule has 2 N–H and O–H groups in total. The highest BCUT2D eigenvalue weighted by Crippen LogP contribution is 2.25. The molecule has 0 aromatic heterocycles. The molecule has 1 atom stereocenters. The van der Waals surface area contributed by atoms with Crippen LogP contribution in [0.2, 0.25) is 0 Å². The molecule has 86 valence electrons. The van der Waals surface area contributed by atoms with Gasteiger partial charge in [0.25, 0.3) is 0 Å². The number of ether oxygens (including phenoxy) is 1. The maximum atomic E-state index is 11.7. The van der Waals surface area contributed by atoms with Gasteiger partial charge in [-0.3, -0.25) is 0 Å². The average molecular weight is 242 g/mol. The van der Waals surface area contributed by atoms with E-state index in [1.807, 2.05) is 0 Å². The largest absolute Gasteiger partial charge is 0.466 e. The van der Waals surface area contributed by atoms with Crippen LogP contribution in [0, 0.1) is 0 Å². The number of hydrogen-bond donors (Lipinski definition) is 2. The summed E-state index contributed by atoms with van der Waals surface area (Å²) in [5.74, 6) is -0.682. The van der Waals surface area contributed by atoms with Crippen molar-refractivity contribution in [1.29, 1.82) is 0 Å². The van der Waals surface area contributed by atoms with Crippen LogP contribution in [-0.2, 0) is 19.6 Å². The van der Waals surface area contributed by atoms with Crippen LogP contribution in [0.4, 0.5) is 5.69 Å². The number of hydrogen-bond acceptors (Lipinski definition) is 5. The Morgan fingerprint density at radius 3 is 2.75 bits per heavy atom. The Kier molecular flexibility index (Phi) is 2.56. The van der Waals surface area contributed by atoms with Crippen molar-refractivity contribution in [2.45, 2.75) is 11.1 Å². The van der Waals surface area contributed by atoms with E-state index in [9.17, 15) is 13.2 Å². The van der Waals surface area contributed by atoms with Crippen LogP contribution in [0.15, 0.2) is 29.2 Å². The molecule has 2 rings (SSSR count). The molecule has 0 fully saturated rings. The predicted octanol–water partition coefficient (Wildman–Crippen LogP) is -0.111. The first-order chi connectivity index (χ1) is 7.54. The number of esters is 1. The van der Waals surface area contributed by atoms with Crippen molar-refractivity contribution in [3.63, 3.8) is 0 Å². The Hall–Kier alpha value is -1.60. The van der Waals surface area contributed by atoms with Crippen molar-refractivity contribution in [2.24, 2.45) is 0 Å². The van der Waals surface area contributed by atoms with Gasteiger partial charge in [0, 0.05) is 0 Å². The minimum absolute atomic E-state index is 0.121. The second-order valence-electron chi connectivity index (χ2n) is 3.22.